The first-order chi connectivity index (χ1) is 14.8. The summed E-state index contributed by atoms with van der Waals surface area (Å²) < 4.78 is 5.54. The highest BCUT2D eigenvalue weighted by Gasteiger charge is 2.44. The highest BCUT2D eigenvalue weighted by molar-refractivity contribution is 6.09. The van der Waals surface area contributed by atoms with Crippen LogP contribution in [0.5, 0.6) is 5.75 Å². The number of nitrogens with zero attached hydrogens (tertiary/aromatic N) is 1. The van der Waals surface area contributed by atoms with Crippen molar-refractivity contribution < 1.29 is 19.4 Å². The third-order valence-electron chi connectivity index (χ3n) is 6.02. The zero-order chi connectivity index (χ0) is 22.1. The van der Waals surface area contributed by atoms with E-state index >= 15 is 0 Å². The van der Waals surface area contributed by atoms with E-state index in [-0.39, 0.29) is 29.5 Å². The van der Waals surface area contributed by atoms with Crippen LogP contribution in [0.4, 0.5) is 0 Å². The zero-order valence-electron chi connectivity index (χ0n) is 18.0. The minimum Gasteiger partial charge on any atom is -0.508 e. The molecule has 1 heterocycles. The first kappa shape index (κ1) is 21.0. The molecule has 0 radical (unpaired) electrons. The van der Waals surface area contributed by atoms with Gasteiger partial charge in [-0.1, -0.05) is 42.5 Å². The molecule has 5 nitrogen and oxygen atoms in total. The number of aliphatic imine (C=N–C) groups is 1. The monoisotopic (exact) mass is 417 g/mol. The van der Waals surface area contributed by atoms with Gasteiger partial charge in [-0.15, -0.1) is 0 Å². The van der Waals surface area contributed by atoms with Crippen LogP contribution in [0.3, 0.4) is 0 Å². The quantitative estimate of drug-likeness (QED) is 0.717. The molecule has 0 aromatic heterocycles. The van der Waals surface area contributed by atoms with Crippen LogP contribution in [0.25, 0.3) is 0 Å². The van der Waals surface area contributed by atoms with Gasteiger partial charge in [0, 0.05) is 29.3 Å². The minimum atomic E-state index is -0.664. The Morgan fingerprint density at radius 1 is 1.03 bits per heavy atom. The van der Waals surface area contributed by atoms with Crippen molar-refractivity contribution >= 4 is 17.5 Å². The lowest BCUT2D eigenvalue weighted by Crippen LogP contribution is -2.38. The van der Waals surface area contributed by atoms with Gasteiger partial charge in [0.15, 0.2) is 5.78 Å². The van der Waals surface area contributed by atoms with Crippen molar-refractivity contribution in [1.82, 2.24) is 0 Å². The van der Waals surface area contributed by atoms with Gasteiger partial charge in [0.05, 0.1) is 6.10 Å². The maximum absolute atomic E-state index is 13.4. The van der Waals surface area contributed by atoms with Gasteiger partial charge in [0.25, 0.3) is 0 Å². The number of ether oxygens (including phenoxy) is 1. The summed E-state index contributed by atoms with van der Waals surface area (Å²) in [7, 11) is 0. The molecule has 2 aromatic rings. The number of hydrogen-bond acceptors (Lipinski definition) is 5. The molecule has 1 aliphatic heterocycles. The number of phenolic OH excluding ortho intramolecular Hbond substituents is 1. The van der Waals surface area contributed by atoms with Gasteiger partial charge >= 0.3 is 5.97 Å². The SMILES string of the molecule is CC1=NC2=C(C(=O)C[C@H](c3ccccc3)C2)[C@H](c2ccc(O)cc2)C1C(=O)OC(C)C. The predicted octanol–water partition coefficient (Wildman–Crippen LogP) is 4.92. The molecular formula is C26H27NO4. The molecule has 0 amide bonds. The number of allylic oxidation sites excluding steroid dienone is 2. The second-order valence-corrected chi connectivity index (χ2v) is 8.59. The Kier molecular flexibility index (Phi) is 5.77. The topological polar surface area (TPSA) is 76.0 Å². The molecule has 0 spiro atoms. The van der Waals surface area contributed by atoms with Crippen molar-refractivity contribution in [3.05, 3.63) is 77.0 Å². The van der Waals surface area contributed by atoms with Crippen LogP contribution in [-0.2, 0) is 14.3 Å². The molecule has 160 valence electrons. The second kappa shape index (κ2) is 8.50. The molecule has 1 aliphatic carbocycles. The van der Waals surface area contributed by atoms with E-state index in [1.807, 2.05) is 51.1 Å². The van der Waals surface area contributed by atoms with Gasteiger partial charge in [-0.05, 0) is 56.4 Å². The van der Waals surface area contributed by atoms with Crippen LogP contribution < -0.4 is 0 Å². The van der Waals surface area contributed by atoms with Crippen molar-refractivity contribution in [2.24, 2.45) is 10.9 Å². The first-order valence-corrected chi connectivity index (χ1v) is 10.7. The van der Waals surface area contributed by atoms with E-state index in [4.69, 9.17) is 9.73 Å². The fraction of sp³-hybridized carbons (Fsp3) is 0.346. The number of hydrogen-bond donors (Lipinski definition) is 1. The summed E-state index contributed by atoms with van der Waals surface area (Å²) in [6, 6.07) is 16.7. The number of carbonyl (C=O) groups excluding carboxylic acids is 2. The Bertz CT molecular complexity index is 1050. The molecule has 0 saturated heterocycles. The van der Waals surface area contributed by atoms with E-state index in [2.05, 4.69) is 0 Å². The molecule has 3 atom stereocenters. The average Bonchev–Trinajstić information content (AvgIpc) is 2.73. The number of phenols is 1. The van der Waals surface area contributed by atoms with Gasteiger partial charge in [0.1, 0.15) is 11.7 Å². The average molecular weight is 418 g/mol. The molecule has 2 aliphatic rings. The van der Waals surface area contributed by atoms with Crippen LogP contribution in [0.2, 0.25) is 0 Å². The van der Waals surface area contributed by atoms with Crippen LogP contribution in [0, 0.1) is 5.92 Å². The number of Topliss-reactive ketones (excluding diaryl/α,β-unsaturated/α-hetero) is 1. The lowest BCUT2D eigenvalue weighted by molar-refractivity contribution is -0.150. The van der Waals surface area contributed by atoms with Gasteiger partial charge in [-0.2, -0.15) is 0 Å². The molecule has 2 aromatic carbocycles. The normalized spacial score (nSPS) is 23.4. The van der Waals surface area contributed by atoms with Crippen molar-refractivity contribution in [3.8, 4) is 5.75 Å². The van der Waals surface area contributed by atoms with Crippen molar-refractivity contribution in [3.63, 3.8) is 0 Å². The molecule has 0 saturated carbocycles. The molecule has 5 heteroatoms. The second-order valence-electron chi connectivity index (χ2n) is 8.59. The van der Waals surface area contributed by atoms with Crippen molar-refractivity contribution in [1.29, 1.82) is 0 Å². The highest BCUT2D eigenvalue weighted by Crippen LogP contribution is 2.47. The third kappa shape index (κ3) is 4.18. The van der Waals surface area contributed by atoms with Crippen LogP contribution >= 0.6 is 0 Å². The summed E-state index contributed by atoms with van der Waals surface area (Å²) >= 11 is 0. The number of ketones is 1. The van der Waals surface area contributed by atoms with E-state index in [0.717, 1.165) is 16.8 Å². The van der Waals surface area contributed by atoms with Gasteiger partial charge in [-0.3, -0.25) is 14.6 Å². The minimum absolute atomic E-state index is 0.0202. The van der Waals surface area contributed by atoms with E-state index in [1.165, 1.54) is 0 Å². The molecule has 31 heavy (non-hydrogen) atoms. The van der Waals surface area contributed by atoms with Crippen molar-refractivity contribution in [2.75, 3.05) is 0 Å². The van der Waals surface area contributed by atoms with E-state index in [0.29, 0.717) is 24.1 Å². The summed E-state index contributed by atoms with van der Waals surface area (Å²) in [6.07, 6.45) is 0.779. The van der Waals surface area contributed by atoms with Gasteiger partial charge < -0.3 is 9.84 Å². The number of aromatic hydroxyl groups is 1. The fourth-order valence-corrected chi connectivity index (χ4v) is 4.67. The Labute approximate surface area is 182 Å². The first-order valence-electron chi connectivity index (χ1n) is 10.7. The lowest BCUT2D eigenvalue weighted by atomic mass is 9.69. The number of rotatable bonds is 4. The molecule has 4 rings (SSSR count). The maximum atomic E-state index is 13.4. The lowest BCUT2D eigenvalue weighted by Gasteiger charge is -2.36. The molecule has 0 fully saturated rings. The smallest absolute Gasteiger partial charge is 0.315 e. The molecule has 0 bridgehead atoms. The van der Waals surface area contributed by atoms with Crippen LogP contribution in [0.1, 0.15) is 56.6 Å². The van der Waals surface area contributed by atoms with Crippen LogP contribution in [0.15, 0.2) is 70.9 Å². The molecule has 1 N–H and O–H groups in total. The Morgan fingerprint density at radius 2 is 1.71 bits per heavy atom. The zero-order valence-corrected chi connectivity index (χ0v) is 18.0. The number of esters is 1. The largest absolute Gasteiger partial charge is 0.508 e. The summed E-state index contributed by atoms with van der Waals surface area (Å²) in [5, 5.41) is 9.75. The fourth-order valence-electron chi connectivity index (χ4n) is 4.67. The summed E-state index contributed by atoms with van der Waals surface area (Å²) in [4.78, 5) is 31.2. The molecular weight excluding hydrogens is 390 g/mol. The van der Waals surface area contributed by atoms with Crippen molar-refractivity contribution in [2.45, 2.75) is 51.6 Å². The maximum Gasteiger partial charge on any atom is 0.315 e. The standard InChI is InChI=1S/C26H27NO4/c1-15(2)31-26(30)23-16(3)27-21-13-19(17-7-5-4-6-8-17)14-22(29)25(21)24(23)18-9-11-20(28)12-10-18/h4-12,15,19,23-24,28H,13-14H2,1-3H3/t19-,23?,24-/m1/s1. The number of benzene rings is 2. The third-order valence-corrected chi connectivity index (χ3v) is 6.02. The Hall–Kier alpha value is -3.21. The predicted molar refractivity (Wildman–Crippen MR) is 119 cm³/mol. The van der Waals surface area contributed by atoms with Gasteiger partial charge in [0.2, 0.25) is 0 Å². The summed E-state index contributed by atoms with van der Waals surface area (Å²) in [5.41, 5.74) is 3.95. The summed E-state index contributed by atoms with van der Waals surface area (Å²) in [6.45, 7) is 5.45. The Balaban J connectivity index is 1.79. The van der Waals surface area contributed by atoms with E-state index in [9.17, 15) is 14.7 Å². The van der Waals surface area contributed by atoms with E-state index < -0.39 is 11.8 Å². The molecule has 1 unspecified atom stereocenters. The van der Waals surface area contributed by atoms with Crippen LogP contribution in [-0.4, -0.2) is 28.7 Å². The van der Waals surface area contributed by atoms with Gasteiger partial charge in [-0.25, -0.2) is 0 Å². The highest BCUT2D eigenvalue weighted by atomic mass is 16.5. The Morgan fingerprint density at radius 3 is 2.35 bits per heavy atom. The van der Waals surface area contributed by atoms with E-state index in [1.54, 1.807) is 24.3 Å². The number of carbonyl (C=O) groups is 2. The summed E-state index contributed by atoms with van der Waals surface area (Å²) in [5.74, 6) is -1.28.